The number of hydrogen-bond donors (Lipinski definition) is 0. The van der Waals surface area contributed by atoms with Crippen molar-refractivity contribution in [1.29, 1.82) is 0 Å². The van der Waals surface area contributed by atoms with Crippen molar-refractivity contribution in [3.8, 4) is 0 Å². The molecule has 9 heteroatoms. The van der Waals surface area contributed by atoms with Gasteiger partial charge in [-0.1, -0.05) is 17.4 Å². The van der Waals surface area contributed by atoms with Crippen LogP contribution in [0.25, 0.3) is 10.2 Å². The van der Waals surface area contributed by atoms with Gasteiger partial charge in [0.2, 0.25) is 15.9 Å². The van der Waals surface area contributed by atoms with Crippen LogP contribution in [0.3, 0.4) is 0 Å². The van der Waals surface area contributed by atoms with Gasteiger partial charge in [0.25, 0.3) is 0 Å². The fourth-order valence-electron chi connectivity index (χ4n) is 4.21. The van der Waals surface area contributed by atoms with Crippen LogP contribution in [-0.4, -0.2) is 73.5 Å². The Morgan fingerprint density at radius 3 is 2.54 bits per heavy atom. The van der Waals surface area contributed by atoms with Gasteiger partial charge >= 0.3 is 0 Å². The molecule has 7 nitrogen and oxygen atoms in total. The molecule has 0 spiro atoms. The summed E-state index contributed by atoms with van der Waals surface area (Å²) in [7, 11) is -3.34. The van der Waals surface area contributed by atoms with E-state index >= 15 is 0 Å². The summed E-state index contributed by atoms with van der Waals surface area (Å²) in [4.78, 5) is 21.8. The molecular formula is C19H26N4O3S2. The fraction of sp³-hybridized carbons (Fsp3) is 0.579. The second-order valence-corrected chi connectivity index (χ2v) is 10.7. The van der Waals surface area contributed by atoms with E-state index in [0.717, 1.165) is 30.2 Å². The Labute approximate surface area is 170 Å². The molecule has 4 rings (SSSR count). The van der Waals surface area contributed by atoms with Gasteiger partial charge < -0.3 is 9.80 Å². The highest BCUT2D eigenvalue weighted by Crippen LogP contribution is 2.32. The van der Waals surface area contributed by atoms with Gasteiger partial charge in [-0.25, -0.2) is 13.4 Å². The van der Waals surface area contributed by atoms with Gasteiger partial charge in [-0.05, 0) is 43.9 Å². The van der Waals surface area contributed by atoms with E-state index in [1.54, 1.807) is 11.3 Å². The average molecular weight is 423 g/mol. The predicted octanol–water partition coefficient (Wildman–Crippen LogP) is 1.99. The van der Waals surface area contributed by atoms with E-state index in [0.29, 0.717) is 26.1 Å². The largest absolute Gasteiger partial charge is 0.345 e. The number of carbonyl (C=O) groups excluding carboxylic acids is 1. The van der Waals surface area contributed by atoms with E-state index in [-0.39, 0.29) is 5.91 Å². The summed E-state index contributed by atoms with van der Waals surface area (Å²) in [6.07, 6.45) is 2.55. The fourth-order valence-corrected chi connectivity index (χ4v) is 6.52. The van der Waals surface area contributed by atoms with E-state index in [1.807, 2.05) is 4.90 Å². The van der Waals surface area contributed by atoms with E-state index in [9.17, 15) is 13.2 Å². The van der Waals surface area contributed by atoms with Gasteiger partial charge in [-0.2, -0.15) is 4.31 Å². The molecule has 2 aromatic rings. The van der Waals surface area contributed by atoms with Gasteiger partial charge in [-0.15, -0.1) is 0 Å². The summed E-state index contributed by atoms with van der Waals surface area (Å²) < 4.78 is 26.4. The van der Waals surface area contributed by atoms with Crippen molar-refractivity contribution in [3.63, 3.8) is 0 Å². The third-order valence-electron chi connectivity index (χ3n) is 5.60. The first-order valence-corrected chi connectivity index (χ1v) is 12.3. The minimum Gasteiger partial charge on any atom is -0.345 e. The molecule has 0 radical (unpaired) electrons. The number of piperazine rings is 1. The number of nitrogens with zero attached hydrogens (tertiary/aromatic N) is 4. The van der Waals surface area contributed by atoms with Crippen LogP contribution < -0.4 is 4.90 Å². The SMILES string of the molecule is Cc1cc(C)c2nc(N3CCN(C(=O)C4CCCN4S(C)(=O)=O)CC3)sc2c1. The minimum absolute atomic E-state index is 0.0571. The van der Waals surface area contributed by atoms with Crippen LogP contribution >= 0.6 is 11.3 Å². The molecule has 2 aliphatic heterocycles. The number of aromatic nitrogens is 1. The molecule has 2 fully saturated rings. The third kappa shape index (κ3) is 3.62. The maximum Gasteiger partial charge on any atom is 0.241 e. The molecule has 1 aromatic heterocycles. The van der Waals surface area contributed by atoms with Crippen LogP contribution in [0.15, 0.2) is 12.1 Å². The highest BCUT2D eigenvalue weighted by atomic mass is 32.2. The average Bonchev–Trinajstić information content (AvgIpc) is 3.28. The van der Waals surface area contributed by atoms with Crippen molar-refractivity contribution in [2.45, 2.75) is 32.7 Å². The number of aryl methyl sites for hydroxylation is 2. The molecule has 0 aliphatic carbocycles. The summed E-state index contributed by atoms with van der Waals surface area (Å²) in [5, 5.41) is 0.995. The standard InChI is InChI=1S/C19H26N4O3S2/c1-13-11-14(2)17-16(12-13)27-19(20-17)22-9-7-21(8-10-22)18(24)15-5-4-6-23(15)28(3,25)26/h11-12,15H,4-10H2,1-3H3. The van der Waals surface area contributed by atoms with Crippen molar-refractivity contribution >= 4 is 42.6 Å². The molecule has 0 bridgehead atoms. The molecule has 2 aliphatic rings. The van der Waals surface area contributed by atoms with Crippen molar-refractivity contribution in [1.82, 2.24) is 14.2 Å². The Balaban J connectivity index is 1.45. The lowest BCUT2D eigenvalue weighted by Crippen LogP contribution is -2.54. The van der Waals surface area contributed by atoms with Crippen molar-refractivity contribution in [2.75, 3.05) is 43.9 Å². The van der Waals surface area contributed by atoms with Crippen molar-refractivity contribution < 1.29 is 13.2 Å². The number of carbonyl (C=O) groups is 1. The molecule has 152 valence electrons. The lowest BCUT2D eigenvalue weighted by molar-refractivity contribution is -0.134. The summed E-state index contributed by atoms with van der Waals surface area (Å²) in [6, 6.07) is 3.79. The first-order valence-electron chi connectivity index (χ1n) is 9.62. The van der Waals surface area contributed by atoms with Gasteiger partial charge in [0.05, 0.1) is 16.5 Å². The zero-order valence-electron chi connectivity index (χ0n) is 16.5. The number of amides is 1. The third-order valence-corrected chi connectivity index (χ3v) is 7.95. The van der Waals surface area contributed by atoms with Crippen LogP contribution in [0.2, 0.25) is 0 Å². The molecule has 1 atom stereocenters. The summed E-state index contributed by atoms with van der Waals surface area (Å²) in [5.74, 6) is -0.0571. The molecular weight excluding hydrogens is 396 g/mol. The summed E-state index contributed by atoms with van der Waals surface area (Å²) in [5.41, 5.74) is 3.48. The van der Waals surface area contributed by atoms with Gasteiger partial charge in [0.1, 0.15) is 6.04 Å². The Kier molecular flexibility index (Phi) is 5.09. The van der Waals surface area contributed by atoms with Gasteiger partial charge in [0.15, 0.2) is 5.13 Å². The summed E-state index contributed by atoms with van der Waals surface area (Å²) in [6.45, 7) is 7.26. The number of anilines is 1. The lowest BCUT2D eigenvalue weighted by atomic mass is 10.1. The number of thiazole rings is 1. The monoisotopic (exact) mass is 422 g/mol. The Morgan fingerprint density at radius 2 is 1.86 bits per heavy atom. The Bertz CT molecular complexity index is 1010. The number of fused-ring (bicyclic) bond motifs is 1. The zero-order chi connectivity index (χ0) is 20.1. The highest BCUT2D eigenvalue weighted by Gasteiger charge is 2.39. The second kappa shape index (κ2) is 7.27. The number of rotatable bonds is 3. The number of benzene rings is 1. The maximum atomic E-state index is 12.9. The van der Waals surface area contributed by atoms with Crippen LogP contribution in [0.4, 0.5) is 5.13 Å². The van der Waals surface area contributed by atoms with Crippen LogP contribution in [-0.2, 0) is 14.8 Å². The minimum atomic E-state index is -3.34. The zero-order valence-corrected chi connectivity index (χ0v) is 18.1. The normalized spacial score (nSPS) is 21.6. The number of hydrogen-bond acceptors (Lipinski definition) is 6. The molecule has 3 heterocycles. The predicted molar refractivity (Wildman–Crippen MR) is 112 cm³/mol. The van der Waals surface area contributed by atoms with E-state index < -0.39 is 16.1 Å². The summed E-state index contributed by atoms with van der Waals surface area (Å²) >= 11 is 1.69. The van der Waals surface area contributed by atoms with E-state index in [1.165, 1.54) is 26.4 Å². The van der Waals surface area contributed by atoms with Crippen LogP contribution in [0, 0.1) is 13.8 Å². The molecule has 2 saturated heterocycles. The van der Waals surface area contributed by atoms with Gasteiger partial charge in [-0.3, -0.25) is 4.79 Å². The quantitative estimate of drug-likeness (QED) is 0.756. The number of sulfonamides is 1. The molecule has 1 aromatic carbocycles. The molecule has 0 saturated carbocycles. The maximum absolute atomic E-state index is 12.9. The van der Waals surface area contributed by atoms with Crippen LogP contribution in [0.1, 0.15) is 24.0 Å². The lowest BCUT2D eigenvalue weighted by Gasteiger charge is -2.36. The Hall–Kier alpha value is -1.71. The Morgan fingerprint density at radius 1 is 1.14 bits per heavy atom. The first-order chi connectivity index (χ1) is 13.2. The van der Waals surface area contributed by atoms with E-state index in [2.05, 4.69) is 30.9 Å². The van der Waals surface area contributed by atoms with Gasteiger partial charge in [0, 0.05) is 32.7 Å². The van der Waals surface area contributed by atoms with Crippen molar-refractivity contribution in [2.24, 2.45) is 0 Å². The van der Waals surface area contributed by atoms with Crippen LogP contribution in [0.5, 0.6) is 0 Å². The van der Waals surface area contributed by atoms with Crippen molar-refractivity contribution in [3.05, 3.63) is 23.3 Å². The molecule has 1 amide bonds. The first kappa shape index (κ1) is 19.6. The molecule has 28 heavy (non-hydrogen) atoms. The smallest absolute Gasteiger partial charge is 0.241 e. The van der Waals surface area contributed by atoms with E-state index in [4.69, 9.17) is 4.98 Å². The highest BCUT2D eigenvalue weighted by molar-refractivity contribution is 7.88. The molecule has 0 N–H and O–H groups in total. The molecule has 1 unspecified atom stereocenters. The topological polar surface area (TPSA) is 73.8 Å². The second-order valence-electron chi connectivity index (χ2n) is 7.77.